The molecule has 0 aliphatic rings. The summed E-state index contributed by atoms with van der Waals surface area (Å²) >= 11 is 1.70. The highest BCUT2D eigenvalue weighted by Gasteiger charge is 2.07. The second-order valence-electron chi connectivity index (χ2n) is 4.83. The molecule has 2 aromatic carbocycles. The minimum Gasteiger partial charge on any atom is -0.455 e. The zero-order valence-electron chi connectivity index (χ0n) is 11.8. The Hall–Kier alpha value is -2.07. The average Bonchev–Trinajstić information content (AvgIpc) is 2.78. The topological polar surface area (TPSA) is 25.4 Å². The van der Waals surface area contributed by atoms with E-state index in [-0.39, 0.29) is 0 Å². The van der Waals surface area contributed by atoms with E-state index in [1.807, 2.05) is 62.3 Å². The molecule has 1 heterocycles. The predicted octanol–water partition coefficient (Wildman–Crippen LogP) is 4.46. The van der Waals surface area contributed by atoms with Gasteiger partial charge in [0.05, 0.1) is 20.9 Å². The molecule has 0 unspecified atom stereocenters. The molecule has 3 nitrogen and oxygen atoms in total. The van der Waals surface area contributed by atoms with Crippen LogP contribution in [0, 0.1) is 6.92 Å². The van der Waals surface area contributed by atoms with Crippen LogP contribution in [0.3, 0.4) is 0 Å². The summed E-state index contributed by atoms with van der Waals surface area (Å²) in [5.74, 6) is 1.67. The molecule has 0 saturated carbocycles. The van der Waals surface area contributed by atoms with Gasteiger partial charge in [-0.15, -0.1) is 11.3 Å². The third-order valence-corrected chi connectivity index (χ3v) is 3.99. The second-order valence-corrected chi connectivity index (χ2v) is 6.06. The number of fused-ring (bicyclic) bond motifs is 1. The van der Waals surface area contributed by atoms with Gasteiger partial charge in [0.1, 0.15) is 5.75 Å². The fourth-order valence-electron chi connectivity index (χ4n) is 2.13. The number of para-hydroxylation sites is 2. The Kier molecular flexibility index (Phi) is 3.32. The van der Waals surface area contributed by atoms with Crippen molar-refractivity contribution < 1.29 is 4.74 Å². The molecule has 0 aliphatic heterocycles. The van der Waals surface area contributed by atoms with Gasteiger partial charge in [-0.2, -0.15) is 0 Å². The number of hydrogen-bond donors (Lipinski definition) is 0. The number of nitrogens with zero attached hydrogens (tertiary/aromatic N) is 2. The second kappa shape index (κ2) is 5.13. The highest BCUT2D eigenvalue weighted by atomic mass is 32.1. The highest BCUT2D eigenvalue weighted by Crippen LogP contribution is 2.33. The van der Waals surface area contributed by atoms with Crippen LogP contribution in [-0.2, 0) is 0 Å². The van der Waals surface area contributed by atoms with E-state index in [0.29, 0.717) is 0 Å². The predicted molar refractivity (Wildman–Crippen MR) is 85.2 cm³/mol. The zero-order valence-corrected chi connectivity index (χ0v) is 12.6. The van der Waals surface area contributed by atoms with Gasteiger partial charge in [-0.25, -0.2) is 4.98 Å². The van der Waals surface area contributed by atoms with Crippen LogP contribution in [0.1, 0.15) is 5.01 Å². The minimum atomic E-state index is 0.817. The molecule has 102 valence electrons. The summed E-state index contributed by atoms with van der Waals surface area (Å²) in [7, 11) is 4.02. The molecule has 4 heteroatoms. The van der Waals surface area contributed by atoms with Crippen LogP contribution in [-0.4, -0.2) is 19.1 Å². The summed E-state index contributed by atoms with van der Waals surface area (Å²) in [6.45, 7) is 2.02. The summed E-state index contributed by atoms with van der Waals surface area (Å²) in [5.41, 5.74) is 2.05. The van der Waals surface area contributed by atoms with Gasteiger partial charge in [-0.3, -0.25) is 0 Å². The van der Waals surface area contributed by atoms with Gasteiger partial charge in [0.2, 0.25) is 0 Å². The van der Waals surface area contributed by atoms with Crippen LogP contribution in [0.15, 0.2) is 42.5 Å². The largest absolute Gasteiger partial charge is 0.455 e. The summed E-state index contributed by atoms with van der Waals surface area (Å²) in [4.78, 5) is 6.54. The maximum atomic E-state index is 6.01. The zero-order chi connectivity index (χ0) is 14.1. The van der Waals surface area contributed by atoms with Crippen LogP contribution in [0.2, 0.25) is 0 Å². The van der Waals surface area contributed by atoms with Gasteiger partial charge in [0.15, 0.2) is 5.75 Å². The Labute approximate surface area is 122 Å². The molecule has 0 fully saturated rings. The first-order chi connectivity index (χ1) is 9.63. The van der Waals surface area contributed by atoms with E-state index in [9.17, 15) is 0 Å². The van der Waals surface area contributed by atoms with E-state index in [0.717, 1.165) is 27.7 Å². The molecule has 0 aliphatic carbocycles. The van der Waals surface area contributed by atoms with Crippen molar-refractivity contribution in [1.82, 2.24) is 4.98 Å². The van der Waals surface area contributed by atoms with E-state index in [4.69, 9.17) is 4.74 Å². The molecule has 0 N–H and O–H groups in total. The number of aromatic nitrogens is 1. The van der Waals surface area contributed by atoms with Gasteiger partial charge in [0.25, 0.3) is 0 Å². The van der Waals surface area contributed by atoms with Crippen molar-refractivity contribution in [2.45, 2.75) is 6.92 Å². The fourth-order valence-corrected chi connectivity index (χ4v) is 2.93. The van der Waals surface area contributed by atoms with Crippen LogP contribution < -0.4 is 9.64 Å². The van der Waals surface area contributed by atoms with Gasteiger partial charge in [-0.1, -0.05) is 12.1 Å². The number of aryl methyl sites for hydroxylation is 1. The monoisotopic (exact) mass is 284 g/mol. The quantitative estimate of drug-likeness (QED) is 0.710. The first kappa shape index (κ1) is 12.9. The molecule has 0 radical (unpaired) electrons. The van der Waals surface area contributed by atoms with Crippen LogP contribution in [0.5, 0.6) is 11.5 Å². The molecule has 0 bridgehead atoms. The van der Waals surface area contributed by atoms with E-state index in [2.05, 4.69) is 11.1 Å². The molecular formula is C16H16N2OS. The van der Waals surface area contributed by atoms with Crippen molar-refractivity contribution in [2.24, 2.45) is 0 Å². The lowest BCUT2D eigenvalue weighted by molar-refractivity contribution is 0.483. The van der Waals surface area contributed by atoms with E-state index >= 15 is 0 Å². The molecular weight excluding hydrogens is 268 g/mol. The summed E-state index contributed by atoms with van der Waals surface area (Å²) in [5, 5.41) is 1.07. The van der Waals surface area contributed by atoms with Gasteiger partial charge >= 0.3 is 0 Å². The highest BCUT2D eigenvalue weighted by molar-refractivity contribution is 7.18. The maximum absolute atomic E-state index is 6.01. The number of anilines is 1. The smallest absolute Gasteiger partial charge is 0.150 e. The van der Waals surface area contributed by atoms with Crippen molar-refractivity contribution in [3.63, 3.8) is 0 Å². The number of hydrogen-bond acceptors (Lipinski definition) is 4. The van der Waals surface area contributed by atoms with Crippen molar-refractivity contribution in [3.05, 3.63) is 47.5 Å². The number of rotatable bonds is 3. The fraction of sp³-hybridized carbons (Fsp3) is 0.188. The van der Waals surface area contributed by atoms with Crippen molar-refractivity contribution >= 4 is 27.2 Å². The molecule has 1 aromatic heterocycles. The molecule has 0 atom stereocenters. The van der Waals surface area contributed by atoms with E-state index in [1.54, 1.807) is 11.3 Å². The average molecular weight is 284 g/mol. The molecule has 0 saturated heterocycles. The first-order valence-electron chi connectivity index (χ1n) is 6.45. The third-order valence-electron chi connectivity index (χ3n) is 3.04. The summed E-state index contributed by atoms with van der Waals surface area (Å²) in [6, 6.07) is 14.1. The van der Waals surface area contributed by atoms with E-state index < -0.39 is 0 Å². The van der Waals surface area contributed by atoms with Crippen molar-refractivity contribution in [3.8, 4) is 11.5 Å². The van der Waals surface area contributed by atoms with Gasteiger partial charge in [-0.05, 0) is 31.2 Å². The normalized spacial score (nSPS) is 10.8. The molecule has 0 amide bonds. The lowest BCUT2D eigenvalue weighted by Crippen LogP contribution is -2.09. The van der Waals surface area contributed by atoms with Gasteiger partial charge in [0, 0.05) is 20.2 Å². The van der Waals surface area contributed by atoms with Crippen molar-refractivity contribution in [1.29, 1.82) is 0 Å². The Morgan fingerprint density at radius 3 is 2.70 bits per heavy atom. The molecule has 3 rings (SSSR count). The van der Waals surface area contributed by atoms with Gasteiger partial charge < -0.3 is 9.64 Å². The summed E-state index contributed by atoms with van der Waals surface area (Å²) in [6.07, 6.45) is 0. The minimum absolute atomic E-state index is 0.817. The Morgan fingerprint density at radius 1 is 1.10 bits per heavy atom. The summed E-state index contributed by atoms with van der Waals surface area (Å²) < 4.78 is 7.20. The van der Waals surface area contributed by atoms with Crippen molar-refractivity contribution in [2.75, 3.05) is 19.0 Å². The molecule has 20 heavy (non-hydrogen) atoms. The third kappa shape index (κ3) is 2.47. The Morgan fingerprint density at radius 2 is 1.90 bits per heavy atom. The maximum Gasteiger partial charge on any atom is 0.150 e. The standard InChI is InChI=1S/C16H16N2OS/c1-11-17-13-10-12(8-9-16(13)20-11)19-15-7-5-4-6-14(15)18(2)3/h4-10H,1-3H3. The Balaban J connectivity index is 1.96. The van der Waals surface area contributed by atoms with E-state index in [1.165, 1.54) is 4.70 Å². The molecule has 3 aromatic rings. The lowest BCUT2D eigenvalue weighted by Gasteiger charge is -2.17. The van der Waals surface area contributed by atoms with Crippen LogP contribution in [0.25, 0.3) is 10.2 Å². The first-order valence-corrected chi connectivity index (χ1v) is 7.26. The molecule has 0 spiro atoms. The lowest BCUT2D eigenvalue weighted by atomic mass is 10.2. The number of benzene rings is 2. The Bertz CT molecular complexity index is 749. The van der Waals surface area contributed by atoms with Crippen LogP contribution >= 0.6 is 11.3 Å². The SMILES string of the molecule is Cc1nc2cc(Oc3ccccc3N(C)C)ccc2s1. The van der Waals surface area contributed by atoms with Crippen LogP contribution in [0.4, 0.5) is 5.69 Å². The number of thiazole rings is 1. The number of ether oxygens (including phenoxy) is 1.